The number of carboxylic acids is 1. The lowest BCUT2D eigenvalue weighted by Crippen LogP contribution is -2.41. The van der Waals surface area contributed by atoms with Crippen molar-refractivity contribution in [2.24, 2.45) is 0 Å². The average Bonchev–Trinajstić information content (AvgIpc) is 2.71. The van der Waals surface area contributed by atoms with Crippen LogP contribution < -0.4 is 19.5 Å². The van der Waals surface area contributed by atoms with Crippen LogP contribution in [-0.2, 0) is 4.79 Å². The van der Waals surface area contributed by atoms with Gasteiger partial charge in [-0.2, -0.15) is 11.8 Å². The number of benzene rings is 1. The van der Waals surface area contributed by atoms with Gasteiger partial charge in [-0.15, -0.1) is 0 Å². The molecule has 0 heterocycles. The van der Waals surface area contributed by atoms with Crippen LogP contribution >= 0.6 is 11.8 Å². The van der Waals surface area contributed by atoms with Crippen molar-refractivity contribution in [3.05, 3.63) is 17.7 Å². The molecule has 7 nitrogen and oxygen atoms in total. The summed E-state index contributed by atoms with van der Waals surface area (Å²) in [6, 6.07) is 2.22. The molecule has 1 amide bonds. The molecular formula is C21H33NO6S. The van der Waals surface area contributed by atoms with Crippen LogP contribution in [0.25, 0.3) is 0 Å². The van der Waals surface area contributed by atoms with E-state index >= 15 is 0 Å². The van der Waals surface area contributed by atoms with Gasteiger partial charge in [0.15, 0.2) is 11.5 Å². The zero-order valence-corrected chi connectivity index (χ0v) is 18.6. The monoisotopic (exact) mass is 427 g/mol. The Hall–Kier alpha value is -2.09. The number of amides is 1. The minimum Gasteiger partial charge on any atom is -0.490 e. The van der Waals surface area contributed by atoms with Crippen molar-refractivity contribution < 1.29 is 28.9 Å². The number of hydrogen-bond donors (Lipinski definition) is 2. The highest BCUT2D eigenvalue weighted by atomic mass is 32.2. The van der Waals surface area contributed by atoms with Crippen molar-refractivity contribution in [2.75, 3.05) is 31.8 Å². The molecule has 1 atom stereocenters. The van der Waals surface area contributed by atoms with Crippen LogP contribution in [0.2, 0.25) is 0 Å². The van der Waals surface area contributed by atoms with E-state index in [2.05, 4.69) is 5.32 Å². The quantitative estimate of drug-likeness (QED) is 0.437. The number of nitrogens with one attached hydrogen (secondary N) is 1. The summed E-state index contributed by atoms with van der Waals surface area (Å²) in [6.07, 6.45) is 4.65. The topological polar surface area (TPSA) is 94.1 Å². The summed E-state index contributed by atoms with van der Waals surface area (Å²) in [6.45, 7) is 7.40. The molecule has 164 valence electrons. The fourth-order valence-corrected chi connectivity index (χ4v) is 2.90. The second-order valence-corrected chi connectivity index (χ2v) is 7.48. The second-order valence-electron chi connectivity index (χ2n) is 6.49. The van der Waals surface area contributed by atoms with E-state index in [4.69, 9.17) is 14.2 Å². The SMILES string of the molecule is CCCOc1cc(C(=O)N[C@@H](CCSC)C(=O)O)cc(OCCC)c1OCCC. The van der Waals surface area contributed by atoms with Crippen molar-refractivity contribution >= 4 is 23.6 Å². The Labute approximate surface area is 177 Å². The predicted molar refractivity (Wildman–Crippen MR) is 116 cm³/mol. The summed E-state index contributed by atoms with van der Waals surface area (Å²) in [7, 11) is 0. The van der Waals surface area contributed by atoms with Gasteiger partial charge in [0.1, 0.15) is 6.04 Å². The van der Waals surface area contributed by atoms with Crippen LogP contribution in [-0.4, -0.2) is 54.9 Å². The molecule has 1 rings (SSSR count). The number of carbonyl (C=O) groups excluding carboxylic acids is 1. The van der Waals surface area contributed by atoms with Crippen molar-refractivity contribution in [2.45, 2.75) is 52.5 Å². The third kappa shape index (κ3) is 8.43. The molecule has 0 radical (unpaired) electrons. The van der Waals surface area contributed by atoms with Crippen LogP contribution in [0.1, 0.15) is 56.8 Å². The van der Waals surface area contributed by atoms with Crippen LogP contribution in [0.3, 0.4) is 0 Å². The lowest BCUT2D eigenvalue weighted by atomic mass is 10.1. The number of thioether (sulfide) groups is 1. The third-order valence-electron chi connectivity index (χ3n) is 3.87. The third-order valence-corrected chi connectivity index (χ3v) is 4.51. The Bertz CT molecular complexity index is 623. The number of carboxylic acid groups (broad SMARTS) is 1. The first kappa shape index (κ1) is 24.9. The normalized spacial score (nSPS) is 11.6. The first-order valence-corrected chi connectivity index (χ1v) is 11.5. The summed E-state index contributed by atoms with van der Waals surface area (Å²) in [4.78, 5) is 24.2. The van der Waals surface area contributed by atoms with E-state index in [1.807, 2.05) is 27.0 Å². The van der Waals surface area contributed by atoms with Crippen molar-refractivity contribution in [1.29, 1.82) is 0 Å². The van der Waals surface area contributed by atoms with E-state index in [-0.39, 0.29) is 5.56 Å². The van der Waals surface area contributed by atoms with Gasteiger partial charge in [-0.25, -0.2) is 4.79 Å². The minimum atomic E-state index is -1.06. The Morgan fingerprint density at radius 1 is 1.00 bits per heavy atom. The number of rotatable bonds is 15. The number of ether oxygens (including phenoxy) is 3. The largest absolute Gasteiger partial charge is 0.490 e. The lowest BCUT2D eigenvalue weighted by molar-refractivity contribution is -0.139. The van der Waals surface area contributed by atoms with Gasteiger partial charge in [-0.3, -0.25) is 4.79 Å². The number of hydrogen-bond acceptors (Lipinski definition) is 6. The molecule has 1 aromatic carbocycles. The molecule has 1 aromatic rings. The molecule has 29 heavy (non-hydrogen) atoms. The van der Waals surface area contributed by atoms with E-state index in [9.17, 15) is 14.7 Å². The molecule has 0 aliphatic rings. The average molecular weight is 428 g/mol. The van der Waals surface area contributed by atoms with E-state index < -0.39 is 17.9 Å². The molecule has 0 aromatic heterocycles. The zero-order valence-electron chi connectivity index (χ0n) is 17.8. The van der Waals surface area contributed by atoms with Gasteiger partial charge in [-0.1, -0.05) is 20.8 Å². The number of aliphatic carboxylic acids is 1. The van der Waals surface area contributed by atoms with Crippen molar-refractivity contribution in [1.82, 2.24) is 5.32 Å². The molecule has 0 bridgehead atoms. The van der Waals surface area contributed by atoms with Gasteiger partial charge in [0, 0.05) is 5.56 Å². The summed E-state index contributed by atoms with van der Waals surface area (Å²) < 4.78 is 17.5. The summed E-state index contributed by atoms with van der Waals surface area (Å²) >= 11 is 1.53. The molecular weight excluding hydrogens is 394 g/mol. The molecule has 0 saturated carbocycles. The highest BCUT2D eigenvalue weighted by Crippen LogP contribution is 2.39. The summed E-state index contributed by atoms with van der Waals surface area (Å²) in [5.74, 6) is 0.424. The van der Waals surface area contributed by atoms with E-state index in [0.717, 1.165) is 19.3 Å². The Morgan fingerprint density at radius 2 is 1.52 bits per heavy atom. The smallest absolute Gasteiger partial charge is 0.326 e. The maximum Gasteiger partial charge on any atom is 0.326 e. The molecule has 0 aliphatic carbocycles. The Morgan fingerprint density at radius 3 is 1.97 bits per heavy atom. The fourth-order valence-electron chi connectivity index (χ4n) is 2.43. The van der Waals surface area contributed by atoms with Crippen LogP contribution in [0.4, 0.5) is 0 Å². The highest BCUT2D eigenvalue weighted by Gasteiger charge is 2.23. The molecule has 0 aliphatic heterocycles. The Balaban J connectivity index is 3.22. The van der Waals surface area contributed by atoms with Crippen LogP contribution in [0.15, 0.2) is 12.1 Å². The van der Waals surface area contributed by atoms with Crippen LogP contribution in [0.5, 0.6) is 17.2 Å². The fraction of sp³-hybridized carbons (Fsp3) is 0.619. The Kier molecular flexibility index (Phi) is 12.0. The van der Waals surface area contributed by atoms with Crippen molar-refractivity contribution in [3.8, 4) is 17.2 Å². The first-order valence-electron chi connectivity index (χ1n) is 10.1. The maximum absolute atomic E-state index is 12.8. The summed E-state index contributed by atoms with van der Waals surface area (Å²) in [5.41, 5.74) is 0.279. The van der Waals surface area contributed by atoms with E-state index in [1.54, 1.807) is 12.1 Å². The predicted octanol–water partition coefficient (Wildman–Crippen LogP) is 3.99. The number of carbonyl (C=O) groups is 2. The molecule has 0 fully saturated rings. The maximum atomic E-state index is 12.8. The summed E-state index contributed by atoms with van der Waals surface area (Å²) in [5, 5.41) is 12.0. The van der Waals surface area contributed by atoms with Gasteiger partial charge >= 0.3 is 5.97 Å². The zero-order chi connectivity index (χ0) is 21.6. The second kappa shape index (κ2) is 14.0. The van der Waals surface area contributed by atoms with Gasteiger partial charge < -0.3 is 24.6 Å². The van der Waals surface area contributed by atoms with Gasteiger partial charge in [0.05, 0.1) is 19.8 Å². The molecule has 0 saturated heterocycles. The van der Waals surface area contributed by atoms with Gasteiger partial charge in [0.25, 0.3) is 5.91 Å². The van der Waals surface area contributed by atoms with E-state index in [1.165, 1.54) is 11.8 Å². The minimum absolute atomic E-state index is 0.279. The highest BCUT2D eigenvalue weighted by molar-refractivity contribution is 7.98. The van der Waals surface area contributed by atoms with Gasteiger partial charge in [0.2, 0.25) is 5.75 Å². The van der Waals surface area contributed by atoms with E-state index in [0.29, 0.717) is 49.2 Å². The molecule has 2 N–H and O–H groups in total. The lowest BCUT2D eigenvalue weighted by Gasteiger charge is -2.19. The van der Waals surface area contributed by atoms with Gasteiger partial charge in [-0.05, 0) is 49.8 Å². The van der Waals surface area contributed by atoms with Crippen molar-refractivity contribution in [3.63, 3.8) is 0 Å². The first-order chi connectivity index (χ1) is 14.0. The molecule has 0 unspecified atom stereocenters. The molecule has 8 heteroatoms. The standard InChI is InChI=1S/C21H33NO6S/c1-5-9-26-17-13-15(20(23)22-16(21(24)25)8-12-29-4)14-18(27-10-6-2)19(17)28-11-7-3/h13-14,16H,5-12H2,1-4H3,(H,22,23)(H,24,25)/t16-/m0/s1. The molecule has 0 spiro atoms. The van der Waals surface area contributed by atoms with Crippen LogP contribution in [0, 0.1) is 0 Å².